The van der Waals surface area contributed by atoms with Crippen LogP contribution in [0.15, 0.2) is 28.0 Å². The summed E-state index contributed by atoms with van der Waals surface area (Å²) in [4.78, 5) is -0.0379. The third-order valence-corrected chi connectivity index (χ3v) is 5.35. The van der Waals surface area contributed by atoms with Crippen LogP contribution in [0.5, 0.6) is 0 Å². The standard InChI is InChI=1S/C10H11NO4S2/c1-16(12,13)6-7-5-8-9(11)3-2-4-10(8)17(7,14)15/h2-5H,6,11H2,1H3. The van der Waals surface area contributed by atoms with E-state index in [1.165, 1.54) is 18.2 Å². The monoisotopic (exact) mass is 273 g/mol. The fraction of sp³-hybridized carbons (Fsp3) is 0.200. The van der Waals surface area contributed by atoms with Crippen LogP contribution in [-0.2, 0) is 19.7 Å². The normalized spacial score (nSPS) is 17.6. The second kappa shape index (κ2) is 3.58. The van der Waals surface area contributed by atoms with Gasteiger partial charge >= 0.3 is 0 Å². The number of anilines is 1. The molecule has 1 aromatic carbocycles. The van der Waals surface area contributed by atoms with Crippen LogP contribution in [0.3, 0.4) is 0 Å². The predicted molar refractivity (Wildman–Crippen MR) is 65.7 cm³/mol. The summed E-state index contributed by atoms with van der Waals surface area (Å²) >= 11 is 0. The fourth-order valence-electron chi connectivity index (χ4n) is 1.71. The molecule has 0 saturated heterocycles. The Balaban J connectivity index is 2.63. The number of fused-ring (bicyclic) bond motifs is 1. The Labute approximate surface area is 99.8 Å². The second-order valence-corrected chi connectivity index (χ2v) is 8.05. The van der Waals surface area contributed by atoms with E-state index in [0.29, 0.717) is 11.3 Å². The molecule has 0 amide bonds. The first kappa shape index (κ1) is 12.1. The van der Waals surface area contributed by atoms with Crippen LogP contribution in [-0.4, -0.2) is 28.8 Å². The van der Waals surface area contributed by atoms with Crippen molar-refractivity contribution in [3.05, 3.63) is 28.7 Å². The summed E-state index contributed by atoms with van der Waals surface area (Å²) in [6, 6.07) is 4.53. The number of hydrogen-bond donors (Lipinski definition) is 1. The van der Waals surface area contributed by atoms with Crippen molar-refractivity contribution in [3.63, 3.8) is 0 Å². The van der Waals surface area contributed by atoms with Crippen LogP contribution >= 0.6 is 0 Å². The number of sulfone groups is 2. The van der Waals surface area contributed by atoms with Gasteiger partial charge in [0.05, 0.1) is 15.6 Å². The minimum atomic E-state index is -3.70. The summed E-state index contributed by atoms with van der Waals surface area (Å²) in [5.74, 6) is -0.497. The highest BCUT2D eigenvalue weighted by Crippen LogP contribution is 2.36. The molecule has 0 bridgehead atoms. The summed E-state index contributed by atoms with van der Waals surface area (Å²) in [5.41, 5.74) is 6.37. The third-order valence-electron chi connectivity index (χ3n) is 2.44. The van der Waals surface area contributed by atoms with E-state index in [1.54, 1.807) is 6.07 Å². The molecule has 1 aliphatic rings. The van der Waals surface area contributed by atoms with E-state index in [1.807, 2.05) is 0 Å². The topological polar surface area (TPSA) is 94.3 Å². The van der Waals surface area contributed by atoms with Gasteiger partial charge in [-0.3, -0.25) is 0 Å². The molecule has 0 spiro atoms. The molecule has 1 heterocycles. The Morgan fingerprint density at radius 3 is 2.47 bits per heavy atom. The van der Waals surface area contributed by atoms with Crippen molar-refractivity contribution in [1.29, 1.82) is 0 Å². The number of benzene rings is 1. The van der Waals surface area contributed by atoms with Gasteiger partial charge in [-0.25, -0.2) is 16.8 Å². The number of hydrogen-bond acceptors (Lipinski definition) is 5. The minimum absolute atomic E-state index is 0.0798. The first-order valence-electron chi connectivity index (χ1n) is 4.74. The molecule has 0 radical (unpaired) electrons. The maximum Gasteiger partial charge on any atom is 0.204 e. The van der Waals surface area contributed by atoms with Crippen LogP contribution in [0, 0.1) is 0 Å². The maximum atomic E-state index is 12.0. The summed E-state index contributed by atoms with van der Waals surface area (Å²) in [6.45, 7) is 0. The van der Waals surface area contributed by atoms with Gasteiger partial charge in [0, 0.05) is 17.5 Å². The van der Waals surface area contributed by atoms with E-state index in [4.69, 9.17) is 5.73 Å². The molecule has 5 nitrogen and oxygen atoms in total. The van der Waals surface area contributed by atoms with Gasteiger partial charge in [-0.1, -0.05) is 6.07 Å². The molecule has 1 aliphatic heterocycles. The second-order valence-electron chi connectivity index (χ2n) is 3.94. The molecule has 0 aliphatic carbocycles. The molecule has 7 heteroatoms. The molecule has 0 saturated carbocycles. The first-order valence-corrected chi connectivity index (χ1v) is 8.28. The van der Waals surface area contributed by atoms with Crippen LogP contribution < -0.4 is 5.73 Å². The van der Waals surface area contributed by atoms with Gasteiger partial charge in [0.15, 0.2) is 9.84 Å². The molecule has 0 fully saturated rings. The zero-order valence-electron chi connectivity index (χ0n) is 9.04. The quantitative estimate of drug-likeness (QED) is 0.789. The van der Waals surface area contributed by atoms with Crippen LogP contribution in [0.1, 0.15) is 5.56 Å². The maximum absolute atomic E-state index is 12.0. The Kier molecular flexibility index (Phi) is 2.55. The van der Waals surface area contributed by atoms with Gasteiger partial charge in [-0.15, -0.1) is 0 Å². The molecule has 17 heavy (non-hydrogen) atoms. The largest absolute Gasteiger partial charge is 0.398 e. The van der Waals surface area contributed by atoms with E-state index >= 15 is 0 Å². The van der Waals surface area contributed by atoms with Crippen LogP contribution in [0.4, 0.5) is 5.69 Å². The first-order chi connectivity index (χ1) is 7.72. The van der Waals surface area contributed by atoms with E-state index in [9.17, 15) is 16.8 Å². The van der Waals surface area contributed by atoms with Gasteiger partial charge < -0.3 is 5.73 Å². The Morgan fingerprint density at radius 2 is 1.94 bits per heavy atom. The Bertz CT molecular complexity index is 715. The Morgan fingerprint density at radius 1 is 1.29 bits per heavy atom. The molecule has 2 N–H and O–H groups in total. The van der Waals surface area contributed by atoms with Crippen LogP contribution in [0.2, 0.25) is 0 Å². The predicted octanol–water partition coefficient (Wildman–Crippen LogP) is 0.442. The summed E-state index contributed by atoms with van der Waals surface area (Å²) < 4.78 is 46.4. The van der Waals surface area contributed by atoms with Crippen molar-refractivity contribution in [2.45, 2.75) is 4.90 Å². The molecule has 2 rings (SSSR count). The lowest BCUT2D eigenvalue weighted by molar-refractivity contribution is 0.596. The fourth-order valence-corrected chi connectivity index (χ4v) is 4.85. The van der Waals surface area contributed by atoms with E-state index in [2.05, 4.69) is 0 Å². The lowest BCUT2D eigenvalue weighted by atomic mass is 10.2. The van der Waals surface area contributed by atoms with Crippen molar-refractivity contribution < 1.29 is 16.8 Å². The third kappa shape index (κ3) is 2.07. The van der Waals surface area contributed by atoms with Gasteiger partial charge in [-0.2, -0.15) is 0 Å². The molecular formula is C10H11NO4S2. The summed E-state index contributed by atoms with van der Waals surface area (Å²) in [7, 11) is -7.10. The highest BCUT2D eigenvalue weighted by atomic mass is 32.2. The highest BCUT2D eigenvalue weighted by Gasteiger charge is 2.32. The van der Waals surface area contributed by atoms with Crippen molar-refractivity contribution in [2.24, 2.45) is 0 Å². The summed E-state index contributed by atoms with van der Waals surface area (Å²) in [6.07, 6.45) is 2.33. The lowest BCUT2D eigenvalue weighted by Gasteiger charge is -2.03. The number of nitrogens with two attached hydrogens (primary N) is 1. The van der Waals surface area contributed by atoms with Crippen molar-refractivity contribution in [1.82, 2.24) is 0 Å². The number of nitrogen functional groups attached to an aromatic ring is 1. The van der Waals surface area contributed by atoms with Gasteiger partial charge in [0.1, 0.15) is 0 Å². The highest BCUT2D eigenvalue weighted by molar-refractivity contribution is 7.98. The van der Waals surface area contributed by atoms with Gasteiger partial charge in [-0.05, 0) is 18.2 Å². The van der Waals surface area contributed by atoms with Crippen molar-refractivity contribution in [3.8, 4) is 0 Å². The minimum Gasteiger partial charge on any atom is -0.398 e. The molecule has 0 aromatic heterocycles. The molecule has 92 valence electrons. The van der Waals surface area contributed by atoms with Crippen molar-refractivity contribution in [2.75, 3.05) is 17.7 Å². The SMILES string of the molecule is CS(=O)(=O)CC1=Cc2c(N)cccc2S1(=O)=O. The number of rotatable bonds is 2. The average molecular weight is 273 g/mol. The smallest absolute Gasteiger partial charge is 0.204 e. The lowest BCUT2D eigenvalue weighted by Crippen LogP contribution is -2.11. The molecule has 0 atom stereocenters. The van der Waals surface area contributed by atoms with E-state index in [-0.39, 0.29) is 9.80 Å². The Hall–Kier alpha value is -1.34. The van der Waals surface area contributed by atoms with Crippen LogP contribution in [0.25, 0.3) is 6.08 Å². The van der Waals surface area contributed by atoms with E-state index < -0.39 is 25.4 Å². The molecule has 1 aromatic rings. The van der Waals surface area contributed by atoms with Crippen molar-refractivity contribution >= 4 is 31.4 Å². The zero-order valence-corrected chi connectivity index (χ0v) is 10.7. The molecule has 0 unspecified atom stereocenters. The average Bonchev–Trinajstić information content (AvgIpc) is 2.39. The van der Waals surface area contributed by atoms with E-state index in [0.717, 1.165) is 6.26 Å². The zero-order chi connectivity index (χ0) is 12.8. The molecular weight excluding hydrogens is 262 g/mol. The van der Waals surface area contributed by atoms with Gasteiger partial charge in [0.2, 0.25) is 9.84 Å². The summed E-state index contributed by atoms with van der Waals surface area (Å²) in [5, 5.41) is 0. The van der Waals surface area contributed by atoms with Gasteiger partial charge in [0.25, 0.3) is 0 Å².